The van der Waals surface area contributed by atoms with E-state index in [9.17, 15) is 4.79 Å². The minimum atomic E-state index is 0.0595. The van der Waals surface area contributed by atoms with Crippen LogP contribution in [0.3, 0.4) is 0 Å². The first kappa shape index (κ1) is 17.6. The second kappa shape index (κ2) is 8.10. The Morgan fingerprint density at radius 2 is 2.10 bits per heavy atom. The van der Waals surface area contributed by atoms with Gasteiger partial charge in [-0.05, 0) is 44.5 Å². The summed E-state index contributed by atoms with van der Waals surface area (Å²) in [4.78, 5) is 14.4. The highest BCUT2D eigenvalue weighted by molar-refractivity contribution is 7.80. The maximum atomic E-state index is 11.9. The molecule has 0 saturated heterocycles. The first-order valence-electron chi connectivity index (χ1n) is 7.24. The third-order valence-corrected chi connectivity index (χ3v) is 3.52. The van der Waals surface area contributed by atoms with E-state index in [1.165, 1.54) is 5.56 Å². The standard InChI is InChI=1S/C16H25N3OS/c1-5-19(10-15(20)18-11(2)3)9-14-7-6-13(16(17)21)8-12(14)4/h6-8,11H,5,9-10H2,1-4H3,(H2,17,21)(H,18,20). The highest BCUT2D eigenvalue weighted by atomic mass is 32.1. The lowest BCUT2D eigenvalue weighted by Crippen LogP contribution is -2.39. The number of nitrogens with two attached hydrogens (primary N) is 1. The van der Waals surface area contributed by atoms with Crippen molar-refractivity contribution < 1.29 is 4.79 Å². The monoisotopic (exact) mass is 307 g/mol. The predicted octanol–water partition coefficient (Wildman–Crippen LogP) is 1.98. The maximum Gasteiger partial charge on any atom is 0.234 e. The minimum absolute atomic E-state index is 0.0595. The summed E-state index contributed by atoms with van der Waals surface area (Å²) in [6.07, 6.45) is 0. The van der Waals surface area contributed by atoms with E-state index < -0.39 is 0 Å². The van der Waals surface area contributed by atoms with E-state index in [0.717, 1.165) is 24.2 Å². The van der Waals surface area contributed by atoms with Gasteiger partial charge >= 0.3 is 0 Å². The van der Waals surface area contributed by atoms with Crippen LogP contribution in [0.5, 0.6) is 0 Å². The zero-order chi connectivity index (χ0) is 16.0. The van der Waals surface area contributed by atoms with Gasteiger partial charge in [-0.1, -0.05) is 31.3 Å². The Hall–Kier alpha value is -1.46. The molecule has 1 amide bonds. The van der Waals surface area contributed by atoms with Crippen molar-refractivity contribution in [2.75, 3.05) is 13.1 Å². The number of carbonyl (C=O) groups excluding carboxylic acids is 1. The van der Waals surface area contributed by atoms with Gasteiger partial charge in [0.1, 0.15) is 4.99 Å². The van der Waals surface area contributed by atoms with Gasteiger partial charge < -0.3 is 11.1 Å². The average Bonchev–Trinajstić information content (AvgIpc) is 2.38. The number of hydrogen-bond donors (Lipinski definition) is 2. The smallest absolute Gasteiger partial charge is 0.234 e. The number of thiocarbonyl (C=S) groups is 1. The molecule has 5 heteroatoms. The number of aryl methyl sites for hydroxylation is 1. The molecule has 0 aliphatic carbocycles. The van der Waals surface area contributed by atoms with E-state index in [-0.39, 0.29) is 11.9 Å². The van der Waals surface area contributed by atoms with Crippen LogP contribution in [-0.2, 0) is 11.3 Å². The average molecular weight is 307 g/mol. The van der Waals surface area contributed by atoms with Crippen LogP contribution in [0, 0.1) is 6.92 Å². The molecule has 116 valence electrons. The molecule has 0 saturated carbocycles. The Morgan fingerprint density at radius 3 is 2.57 bits per heavy atom. The molecule has 0 aliphatic rings. The van der Waals surface area contributed by atoms with Crippen molar-refractivity contribution in [2.45, 2.75) is 40.3 Å². The summed E-state index contributed by atoms with van der Waals surface area (Å²) in [5.74, 6) is 0.0595. The second-order valence-electron chi connectivity index (χ2n) is 5.53. The first-order valence-corrected chi connectivity index (χ1v) is 7.65. The number of nitrogens with one attached hydrogen (secondary N) is 1. The molecule has 3 N–H and O–H groups in total. The summed E-state index contributed by atoms with van der Waals surface area (Å²) in [5, 5.41) is 2.92. The summed E-state index contributed by atoms with van der Waals surface area (Å²) in [6, 6.07) is 6.14. The van der Waals surface area contributed by atoms with Crippen LogP contribution in [0.2, 0.25) is 0 Å². The van der Waals surface area contributed by atoms with Crippen LogP contribution in [0.25, 0.3) is 0 Å². The van der Waals surface area contributed by atoms with E-state index in [1.807, 2.05) is 39.0 Å². The number of rotatable bonds is 7. The van der Waals surface area contributed by atoms with Crippen LogP contribution in [0.4, 0.5) is 0 Å². The van der Waals surface area contributed by atoms with Crippen molar-refractivity contribution in [2.24, 2.45) is 5.73 Å². The van der Waals surface area contributed by atoms with Crippen molar-refractivity contribution in [1.29, 1.82) is 0 Å². The molecule has 21 heavy (non-hydrogen) atoms. The molecule has 0 unspecified atom stereocenters. The Kier molecular flexibility index (Phi) is 6.78. The number of nitrogens with zero attached hydrogens (tertiary/aromatic N) is 1. The molecule has 0 radical (unpaired) electrons. The summed E-state index contributed by atoms with van der Waals surface area (Å²) < 4.78 is 0. The van der Waals surface area contributed by atoms with Crippen molar-refractivity contribution >= 4 is 23.1 Å². The summed E-state index contributed by atoms with van der Waals surface area (Å²) in [6.45, 7) is 10.00. The van der Waals surface area contributed by atoms with Gasteiger partial charge in [0.25, 0.3) is 0 Å². The molecule has 0 fully saturated rings. The molecule has 1 aromatic carbocycles. The molecule has 0 atom stereocenters. The van der Waals surface area contributed by atoms with Crippen LogP contribution in [-0.4, -0.2) is 34.9 Å². The van der Waals surface area contributed by atoms with Crippen LogP contribution in [0.1, 0.15) is 37.5 Å². The fourth-order valence-electron chi connectivity index (χ4n) is 2.12. The van der Waals surface area contributed by atoms with Crippen molar-refractivity contribution in [3.8, 4) is 0 Å². The van der Waals surface area contributed by atoms with E-state index in [2.05, 4.69) is 17.1 Å². The second-order valence-corrected chi connectivity index (χ2v) is 5.97. The molecular formula is C16H25N3OS. The minimum Gasteiger partial charge on any atom is -0.389 e. The van der Waals surface area contributed by atoms with E-state index in [4.69, 9.17) is 18.0 Å². The molecule has 0 bridgehead atoms. The number of amides is 1. The van der Waals surface area contributed by atoms with Gasteiger partial charge in [-0.3, -0.25) is 9.69 Å². The number of benzene rings is 1. The molecule has 1 rings (SSSR count). The van der Waals surface area contributed by atoms with E-state index >= 15 is 0 Å². The predicted molar refractivity (Wildman–Crippen MR) is 91.3 cm³/mol. The zero-order valence-electron chi connectivity index (χ0n) is 13.3. The van der Waals surface area contributed by atoms with E-state index in [0.29, 0.717) is 11.5 Å². The Bertz CT molecular complexity index is 514. The highest BCUT2D eigenvalue weighted by Crippen LogP contribution is 2.13. The first-order chi connectivity index (χ1) is 9.83. The Morgan fingerprint density at radius 1 is 1.43 bits per heavy atom. The van der Waals surface area contributed by atoms with Crippen LogP contribution < -0.4 is 11.1 Å². The van der Waals surface area contributed by atoms with Gasteiger partial charge in [-0.15, -0.1) is 0 Å². The van der Waals surface area contributed by atoms with Gasteiger partial charge in [0.05, 0.1) is 6.54 Å². The topological polar surface area (TPSA) is 58.4 Å². The van der Waals surface area contributed by atoms with Gasteiger partial charge in [0.2, 0.25) is 5.91 Å². The van der Waals surface area contributed by atoms with E-state index in [1.54, 1.807) is 0 Å². The maximum absolute atomic E-state index is 11.9. The zero-order valence-corrected chi connectivity index (χ0v) is 14.1. The van der Waals surface area contributed by atoms with Crippen molar-refractivity contribution in [1.82, 2.24) is 10.2 Å². The summed E-state index contributed by atoms with van der Waals surface area (Å²) in [7, 11) is 0. The SMILES string of the molecule is CCN(CC(=O)NC(C)C)Cc1ccc(C(N)=S)cc1C. The van der Waals surface area contributed by atoms with Crippen molar-refractivity contribution in [3.63, 3.8) is 0 Å². The largest absolute Gasteiger partial charge is 0.389 e. The molecule has 0 spiro atoms. The van der Waals surface area contributed by atoms with Gasteiger partial charge in [0, 0.05) is 18.2 Å². The quantitative estimate of drug-likeness (QED) is 0.756. The van der Waals surface area contributed by atoms with Crippen LogP contribution >= 0.6 is 12.2 Å². The molecule has 4 nitrogen and oxygen atoms in total. The number of carbonyl (C=O) groups is 1. The van der Waals surface area contributed by atoms with Crippen LogP contribution in [0.15, 0.2) is 18.2 Å². The molecule has 0 aromatic heterocycles. The fourth-order valence-corrected chi connectivity index (χ4v) is 2.24. The normalized spacial score (nSPS) is 11.0. The lowest BCUT2D eigenvalue weighted by Gasteiger charge is -2.22. The summed E-state index contributed by atoms with van der Waals surface area (Å²) in [5.41, 5.74) is 8.85. The van der Waals surface area contributed by atoms with Gasteiger partial charge in [-0.25, -0.2) is 0 Å². The third-order valence-electron chi connectivity index (χ3n) is 3.29. The summed E-state index contributed by atoms with van der Waals surface area (Å²) >= 11 is 4.99. The lowest BCUT2D eigenvalue weighted by molar-refractivity contribution is -0.122. The fraction of sp³-hybridized carbons (Fsp3) is 0.500. The molecular weight excluding hydrogens is 282 g/mol. The Balaban J connectivity index is 2.73. The third kappa shape index (κ3) is 5.81. The molecule has 0 aliphatic heterocycles. The molecule has 1 aromatic rings. The lowest BCUT2D eigenvalue weighted by atomic mass is 10.0. The number of hydrogen-bond acceptors (Lipinski definition) is 3. The van der Waals surface area contributed by atoms with Gasteiger partial charge in [-0.2, -0.15) is 0 Å². The highest BCUT2D eigenvalue weighted by Gasteiger charge is 2.12. The van der Waals surface area contributed by atoms with Crippen molar-refractivity contribution in [3.05, 3.63) is 34.9 Å². The molecule has 0 heterocycles. The van der Waals surface area contributed by atoms with Gasteiger partial charge in [0.15, 0.2) is 0 Å². The number of likely N-dealkylation sites (N-methyl/N-ethyl adjacent to an activating group) is 1. The Labute approximate surface area is 132 Å².